The Morgan fingerprint density at radius 3 is 2.32 bits per heavy atom. The Labute approximate surface area is 446 Å². The number of ether oxygens (including phenoxy) is 1. The molecule has 1 unspecified atom stereocenters. The van der Waals surface area contributed by atoms with E-state index in [9.17, 15) is 38.7 Å². The minimum absolute atomic E-state index is 0.00399. The summed E-state index contributed by atoms with van der Waals surface area (Å²) in [6.07, 6.45) is 4.41. The maximum atomic E-state index is 15.5. The van der Waals surface area contributed by atoms with Crippen molar-refractivity contribution in [3.8, 4) is 16.9 Å². The number of fused-ring (bicyclic) bond motifs is 3. The summed E-state index contributed by atoms with van der Waals surface area (Å²) >= 11 is 1.42. The highest BCUT2D eigenvalue weighted by atomic mass is 32.1. The number of para-hydroxylation sites is 1. The van der Waals surface area contributed by atoms with Gasteiger partial charge in [0.2, 0.25) is 17.7 Å². The van der Waals surface area contributed by atoms with E-state index in [1.165, 1.54) is 17.4 Å². The fourth-order valence-electron chi connectivity index (χ4n) is 11.3. The van der Waals surface area contributed by atoms with E-state index >= 15 is 4.39 Å². The van der Waals surface area contributed by atoms with Crippen LogP contribution in [0.15, 0.2) is 84.9 Å². The molecule has 5 aliphatic rings. The summed E-state index contributed by atoms with van der Waals surface area (Å²) in [6.45, 7) is 6.74. The molecule has 0 radical (unpaired) electrons. The van der Waals surface area contributed by atoms with Gasteiger partial charge in [-0.25, -0.2) is 19.2 Å². The highest BCUT2D eigenvalue weighted by Gasteiger charge is 2.45. The minimum Gasteiger partial charge on any atom is -0.494 e. The van der Waals surface area contributed by atoms with Crippen LogP contribution in [0.5, 0.6) is 5.75 Å². The molecule has 3 saturated heterocycles. The number of aromatic carboxylic acids is 1. The number of piperidine rings is 2. The van der Waals surface area contributed by atoms with Crippen LogP contribution in [0.3, 0.4) is 0 Å². The van der Waals surface area contributed by atoms with Crippen molar-refractivity contribution in [2.45, 2.75) is 64.5 Å². The van der Waals surface area contributed by atoms with E-state index in [4.69, 9.17) is 4.74 Å². The third-order valence-corrected chi connectivity index (χ3v) is 16.5. The van der Waals surface area contributed by atoms with E-state index < -0.39 is 41.5 Å². The van der Waals surface area contributed by atoms with Crippen molar-refractivity contribution in [2.75, 3.05) is 74.1 Å². The zero-order valence-electron chi connectivity index (χ0n) is 42.4. The first-order valence-corrected chi connectivity index (χ1v) is 26.9. The van der Waals surface area contributed by atoms with Gasteiger partial charge < -0.3 is 24.5 Å². The molecule has 11 rings (SSSR count). The standard InChI is InChI=1S/C57H56FN9O9S/c1-33-28-36(11-12-37(33)38-13-15-48(60-51(38)56(74)75)66-22-19-35-7-4-8-39(42(35)31-66)52(70)62-57-59-44-9-2-3-10-47(44)77-57)76-27-5-6-34-17-20-63(21-18-34)32-50(69)65-25-23-64(24-26-65)46-30-41-40(29-43(46)58)54(72)67(55(41)73)45-14-16-49(68)61-53(45)71/h2-4,7-13,15,28-30,34,45H,5-6,14,16-27,31-32H2,1H3,(H,74,75)(H,59,62,70)(H,61,68,71). The van der Waals surface area contributed by atoms with Gasteiger partial charge in [0.25, 0.3) is 17.7 Å². The molecule has 0 bridgehead atoms. The first-order valence-electron chi connectivity index (χ1n) is 26.1. The molecule has 6 amide bonds. The summed E-state index contributed by atoms with van der Waals surface area (Å²) < 4.78 is 22.7. The minimum atomic E-state index is -1.14. The van der Waals surface area contributed by atoms with E-state index in [1.54, 1.807) is 21.9 Å². The molecule has 1 atom stereocenters. The Morgan fingerprint density at radius 2 is 1.57 bits per heavy atom. The molecule has 396 valence electrons. The molecule has 0 saturated carbocycles. The SMILES string of the molecule is Cc1cc(OCCCC2CCN(CC(=O)N3CCN(c4cc5c(cc4F)C(=O)N(C4CCC(=O)NC4=O)C5=O)CC3)CC2)ccc1-c1ccc(N2CCc3cccc(C(=O)Nc4nc5ccccc5s4)c3C2)nc1C(=O)O. The Hall–Kier alpha value is -8.10. The molecule has 5 aliphatic heterocycles. The van der Waals surface area contributed by atoms with Crippen LogP contribution >= 0.6 is 11.3 Å². The monoisotopic (exact) mass is 1060 g/mol. The molecule has 7 heterocycles. The topological polar surface area (TPSA) is 215 Å². The molecule has 18 nitrogen and oxygen atoms in total. The number of thiazole rings is 1. The Kier molecular flexibility index (Phi) is 14.2. The molecule has 2 aromatic heterocycles. The van der Waals surface area contributed by atoms with Crippen molar-refractivity contribution in [3.63, 3.8) is 0 Å². The molecule has 3 fully saturated rings. The quantitative estimate of drug-likeness (QED) is 0.0745. The number of anilines is 3. The number of hydrogen-bond donors (Lipinski definition) is 3. The highest BCUT2D eigenvalue weighted by Crippen LogP contribution is 2.36. The molecule has 20 heteroatoms. The normalized spacial score (nSPS) is 18.1. The van der Waals surface area contributed by atoms with Gasteiger partial charge in [-0.3, -0.25) is 49.2 Å². The van der Waals surface area contributed by atoms with Crippen LogP contribution in [0.4, 0.5) is 21.0 Å². The summed E-state index contributed by atoms with van der Waals surface area (Å²) in [5.74, 6) is -3.03. The lowest BCUT2D eigenvalue weighted by Gasteiger charge is -2.38. The van der Waals surface area contributed by atoms with Gasteiger partial charge >= 0.3 is 5.97 Å². The molecule has 4 aromatic carbocycles. The van der Waals surface area contributed by atoms with E-state index in [2.05, 4.69) is 25.5 Å². The smallest absolute Gasteiger partial charge is 0.355 e. The predicted octanol–water partition coefficient (Wildman–Crippen LogP) is 6.94. The van der Waals surface area contributed by atoms with Crippen molar-refractivity contribution in [3.05, 3.63) is 130 Å². The van der Waals surface area contributed by atoms with Crippen LogP contribution in [0, 0.1) is 18.7 Å². The van der Waals surface area contributed by atoms with Crippen molar-refractivity contribution >= 4 is 79.6 Å². The number of nitrogens with zero attached hydrogens (tertiary/aromatic N) is 7. The molecule has 0 spiro atoms. The number of aromatic nitrogens is 2. The van der Waals surface area contributed by atoms with Crippen LogP contribution < -0.4 is 25.2 Å². The lowest BCUT2D eigenvalue weighted by atomic mass is 9.92. The van der Waals surface area contributed by atoms with Gasteiger partial charge in [-0.1, -0.05) is 41.7 Å². The predicted molar refractivity (Wildman–Crippen MR) is 286 cm³/mol. The zero-order valence-corrected chi connectivity index (χ0v) is 43.2. The number of aryl methyl sites for hydroxylation is 1. The lowest BCUT2D eigenvalue weighted by Crippen LogP contribution is -2.54. The van der Waals surface area contributed by atoms with Crippen molar-refractivity contribution in [1.82, 2.24) is 30.0 Å². The highest BCUT2D eigenvalue weighted by molar-refractivity contribution is 7.22. The Bertz CT molecular complexity index is 3350. The van der Waals surface area contributed by atoms with Gasteiger partial charge in [0.05, 0.1) is 40.2 Å². The number of pyridine rings is 1. The number of nitrogens with one attached hydrogen (secondary N) is 2. The fourth-order valence-corrected chi connectivity index (χ4v) is 12.2. The van der Waals surface area contributed by atoms with Crippen molar-refractivity contribution in [1.29, 1.82) is 0 Å². The number of carboxylic acids is 1. The summed E-state index contributed by atoms with van der Waals surface area (Å²) in [5.41, 5.74) is 5.37. The van der Waals surface area contributed by atoms with Crippen LogP contribution in [-0.4, -0.2) is 136 Å². The van der Waals surface area contributed by atoms with Crippen LogP contribution in [0.1, 0.15) is 96.8 Å². The molecule has 3 N–H and O–H groups in total. The number of piperazine rings is 1. The molecule has 0 aliphatic carbocycles. The van der Waals surface area contributed by atoms with Gasteiger partial charge in [0.15, 0.2) is 10.8 Å². The average Bonchev–Trinajstić information content (AvgIpc) is 3.96. The number of hydrogen-bond acceptors (Lipinski definition) is 14. The lowest BCUT2D eigenvalue weighted by molar-refractivity contribution is -0.136. The third-order valence-electron chi connectivity index (χ3n) is 15.5. The number of imide groups is 2. The molecule has 6 aromatic rings. The first-order chi connectivity index (χ1) is 37.3. The number of halogens is 1. The number of carboxylic acid groups (broad SMARTS) is 1. The van der Waals surface area contributed by atoms with Crippen LogP contribution in [0.2, 0.25) is 0 Å². The maximum absolute atomic E-state index is 15.5. The number of carbonyl (C=O) groups excluding carboxylic acids is 6. The summed E-state index contributed by atoms with van der Waals surface area (Å²) in [5, 5.41) is 16.1. The molecular weight excluding hydrogens is 1010 g/mol. The maximum Gasteiger partial charge on any atom is 0.355 e. The summed E-state index contributed by atoms with van der Waals surface area (Å²) in [4.78, 5) is 108. The number of carbonyl (C=O) groups is 7. The Morgan fingerprint density at radius 1 is 0.805 bits per heavy atom. The number of amides is 6. The zero-order chi connectivity index (χ0) is 53.5. The second kappa shape index (κ2) is 21.5. The van der Waals surface area contributed by atoms with E-state index in [1.807, 2.05) is 72.5 Å². The van der Waals surface area contributed by atoms with Crippen LogP contribution in [-0.2, 0) is 27.3 Å². The second-order valence-corrected chi connectivity index (χ2v) is 21.3. The number of rotatable bonds is 14. The molecule has 77 heavy (non-hydrogen) atoms. The van der Waals surface area contributed by atoms with E-state index in [-0.39, 0.29) is 47.2 Å². The summed E-state index contributed by atoms with van der Waals surface area (Å²) in [6, 6.07) is 24.0. The first kappa shape index (κ1) is 51.0. The third kappa shape index (κ3) is 10.5. The average molecular weight is 1060 g/mol. The summed E-state index contributed by atoms with van der Waals surface area (Å²) in [7, 11) is 0. The van der Waals surface area contributed by atoms with E-state index in [0.29, 0.717) is 92.6 Å². The largest absolute Gasteiger partial charge is 0.494 e. The molecular formula is C57H56FN9O9S. The van der Waals surface area contributed by atoms with Crippen molar-refractivity contribution < 1.29 is 47.8 Å². The van der Waals surface area contributed by atoms with Gasteiger partial charge in [0.1, 0.15) is 23.4 Å². The van der Waals surface area contributed by atoms with Gasteiger partial charge in [-0.2, -0.15) is 0 Å². The number of benzene rings is 4. The fraction of sp³-hybridized carbons (Fsp3) is 0.351. The van der Waals surface area contributed by atoms with E-state index in [0.717, 1.165) is 82.2 Å². The van der Waals surface area contributed by atoms with Gasteiger partial charge in [-0.15, -0.1) is 0 Å². The second-order valence-electron chi connectivity index (χ2n) is 20.3. The van der Waals surface area contributed by atoms with Crippen LogP contribution in [0.25, 0.3) is 21.3 Å². The Balaban J connectivity index is 0.625. The van der Waals surface area contributed by atoms with Gasteiger partial charge in [0, 0.05) is 56.8 Å². The van der Waals surface area contributed by atoms with Crippen molar-refractivity contribution in [2.24, 2.45) is 5.92 Å². The number of likely N-dealkylation sites (tertiary alicyclic amines) is 1. The van der Waals surface area contributed by atoms with Gasteiger partial charge in [-0.05, 0) is 141 Å².